The van der Waals surface area contributed by atoms with Gasteiger partial charge in [0, 0.05) is 23.3 Å². The van der Waals surface area contributed by atoms with Crippen LogP contribution in [0.2, 0.25) is 0 Å². The van der Waals surface area contributed by atoms with Gasteiger partial charge in [0.15, 0.2) is 0 Å². The quantitative estimate of drug-likeness (QED) is 0.905. The number of amides is 1. The van der Waals surface area contributed by atoms with Gasteiger partial charge in [-0.05, 0) is 30.7 Å². The second-order valence-electron chi connectivity index (χ2n) is 4.15. The van der Waals surface area contributed by atoms with Crippen LogP contribution in [0.1, 0.15) is 17.7 Å². The molecule has 4 heteroatoms. The lowest BCUT2D eigenvalue weighted by Gasteiger charge is -2.11. The van der Waals surface area contributed by atoms with Crippen molar-refractivity contribution in [3.05, 3.63) is 60.4 Å². The predicted molar refractivity (Wildman–Crippen MR) is 80.2 cm³/mol. The number of pyridine rings is 1. The SMILES string of the molecule is CC(SCC(=O)Nc1ccccc1)c1cccnc1. The van der Waals surface area contributed by atoms with Crippen LogP contribution < -0.4 is 5.32 Å². The van der Waals surface area contributed by atoms with Crippen LogP contribution in [0.4, 0.5) is 5.69 Å². The van der Waals surface area contributed by atoms with E-state index in [0.717, 1.165) is 11.3 Å². The number of benzene rings is 1. The molecular formula is C15H16N2OS. The number of nitrogens with zero attached hydrogens (tertiary/aromatic N) is 1. The summed E-state index contributed by atoms with van der Waals surface area (Å²) in [6.45, 7) is 2.08. The highest BCUT2D eigenvalue weighted by atomic mass is 32.2. The van der Waals surface area contributed by atoms with Gasteiger partial charge in [-0.2, -0.15) is 0 Å². The molecule has 1 atom stereocenters. The summed E-state index contributed by atoms with van der Waals surface area (Å²) in [5.41, 5.74) is 1.97. The molecule has 0 saturated carbocycles. The zero-order valence-electron chi connectivity index (χ0n) is 10.7. The van der Waals surface area contributed by atoms with Gasteiger partial charge >= 0.3 is 0 Å². The zero-order valence-corrected chi connectivity index (χ0v) is 11.6. The monoisotopic (exact) mass is 272 g/mol. The predicted octanol–water partition coefficient (Wildman–Crippen LogP) is 3.51. The molecule has 19 heavy (non-hydrogen) atoms. The molecule has 98 valence electrons. The van der Waals surface area contributed by atoms with Crippen LogP contribution in [0.15, 0.2) is 54.9 Å². The standard InChI is InChI=1S/C15H16N2OS/c1-12(13-6-5-9-16-10-13)19-11-15(18)17-14-7-3-2-4-8-14/h2-10,12H,11H2,1H3,(H,17,18). The van der Waals surface area contributed by atoms with E-state index < -0.39 is 0 Å². The Morgan fingerprint density at radius 3 is 2.74 bits per heavy atom. The summed E-state index contributed by atoms with van der Waals surface area (Å²) in [6, 6.07) is 13.4. The van der Waals surface area contributed by atoms with Gasteiger partial charge in [0.05, 0.1) is 5.75 Å². The van der Waals surface area contributed by atoms with Crippen molar-refractivity contribution in [2.45, 2.75) is 12.2 Å². The molecule has 3 nitrogen and oxygen atoms in total. The number of rotatable bonds is 5. The Labute approximate surface area is 117 Å². The van der Waals surface area contributed by atoms with Gasteiger partial charge < -0.3 is 5.32 Å². The van der Waals surface area contributed by atoms with E-state index in [1.807, 2.05) is 48.7 Å². The van der Waals surface area contributed by atoms with Crippen molar-refractivity contribution >= 4 is 23.4 Å². The average Bonchev–Trinajstić information content (AvgIpc) is 2.47. The molecule has 0 aliphatic rings. The van der Waals surface area contributed by atoms with Crippen molar-refractivity contribution in [3.63, 3.8) is 0 Å². The first kappa shape index (κ1) is 13.6. The third kappa shape index (κ3) is 4.41. The van der Waals surface area contributed by atoms with Gasteiger partial charge in [0.2, 0.25) is 5.91 Å². The first-order valence-corrected chi connectivity index (χ1v) is 7.17. The molecule has 0 fully saturated rings. The first-order chi connectivity index (χ1) is 9.25. The van der Waals surface area contributed by atoms with E-state index in [9.17, 15) is 4.79 Å². The smallest absolute Gasteiger partial charge is 0.234 e. The minimum atomic E-state index is 0.0203. The molecule has 1 amide bonds. The minimum Gasteiger partial charge on any atom is -0.325 e. The van der Waals surface area contributed by atoms with Gasteiger partial charge in [-0.15, -0.1) is 11.8 Å². The number of hydrogen-bond acceptors (Lipinski definition) is 3. The number of carbonyl (C=O) groups is 1. The second-order valence-corrected chi connectivity index (χ2v) is 5.48. The third-order valence-electron chi connectivity index (χ3n) is 2.68. The average molecular weight is 272 g/mol. The zero-order chi connectivity index (χ0) is 13.5. The molecule has 0 saturated heterocycles. The number of hydrogen-bond donors (Lipinski definition) is 1. The lowest BCUT2D eigenvalue weighted by atomic mass is 10.2. The van der Waals surface area contributed by atoms with E-state index in [2.05, 4.69) is 17.2 Å². The Hall–Kier alpha value is -1.81. The van der Waals surface area contributed by atoms with Gasteiger partial charge in [-0.25, -0.2) is 0 Å². The molecule has 0 aliphatic heterocycles. The topological polar surface area (TPSA) is 42.0 Å². The number of para-hydroxylation sites is 1. The van der Waals surface area contributed by atoms with Gasteiger partial charge in [0.25, 0.3) is 0 Å². The van der Waals surface area contributed by atoms with E-state index in [1.165, 1.54) is 0 Å². The normalized spacial score (nSPS) is 11.8. The van der Waals surface area contributed by atoms with Crippen molar-refractivity contribution in [1.29, 1.82) is 0 Å². The Bertz CT molecular complexity index is 516. The van der Waals surface area contributed by atoms with Crippen LogP contribution in [0.25, 0.3) is 0 Å². The number of nitrogens with one attached hydrogen (secondary N) is 1. The van der Waals surface area contributed by atoms with Gasteiger partial charge in [-0.3, -0.25) is 9.78 Å². The Morgan fingerprint density at radius 2 is 2.05 bits per heavy atom. The largest absolute Gasteiger partial charge is 0.325 e. The number of thioether (sulfide) groups is 1. The Morgan fingerprint density at radius 1 is 1.26 bits per heavy atom. The van der Waals surface area contributed by atoms with Crippen LogP contribution in [-0.2, 0) is 4.79 Å². The number of anilines is 1. The van der Waals surface area contributed by atoms with Crippen molar-refractivity contribution in [2.24, 2.45) is 0 Å². The summed E-state index contributed by atoms with van der Waals surface area (Å²) < 4.78 is 0. The highest BCUT2D eigenvalue weighted by Crippen LogP contribution is 2.27. The fourth-order valence-corrected chi connectivity index (χ4v) is 2.44. The third-order valence-corrected chi connectivity index (χ3v) is 3.88. The van der Waals surface area contributed by atoms with Gasteiger partial charge in [0.1, 0.15) is 0 Å². The molecular weight excluding hydrogens is 256 g/mol. The first-order valence-electron chi connectivity index (χ1n) is 6.12. The summed E-state index contributed by atoms with van der Waals surface area (Å²) >= 11 is 1.60. The molecule has 2 aromatic rings. The fraction of sp³-hybridized carbons (Fsp3) is 0.200. The van der Waals surface area contributed by atoms with E-state index in [4.69, 9.17) is 0 Å². The minimum absolute atomic E-state index is 0.0203. The second kappa shape index (κ2) is 6.95. The van der Waals surface area contributed by atoms with Crippen molar-refractivity contribution in [3.8, 4) is 0 Å². The highest BCUT2D eigenvalue weighted by Gasteiger charge is 2.09. The number of aromatic nitrogens is 1. The highest BCUT2D eigenvalue weighted by molar-refractivity contribution is 8.00. The van der Waals surface area contributed by atoms with Crippen LogP contribution >= 0.6 is 11.8 Å². The lowest BCUT2D eigenvalue weighted by molar-refractivity contribution is -0.113. The molecule has 0 aliphatic carbocycles. The molecule has 1 heterocycles. The van der Waals surface area contributed by atoms with E-state index in [0.29, 0.717) is 5.75 Å². The molecule has 1 aromatic carbocycles. The lowest BCUT2D eigenvalue weighted by Crippen LogP contribution is -2.14. The maximum absolute atomic E-state index is 11.8. The summed E-state index contributed by atoms with van der Waals surface area (Å²) in [6.07, 6.45) is 3.59. The van der Waals surface area contributed by atoms with Crippen molar-refractivity contribution in [1.82, 2.24) is 4.98 Å². The van der Waals surface area contributed by atoms with Gasteiger partial charge in [-0.1, -0.05) is 24.3 Å². The maximum atomic E-state index is 11.8. The molecule has 0 spiro atoms. The molecule has 1 unspecified atom stereocenters. The molecule has 0 bridgehead atoms. The van der Waals surface area contributed by atoms with E-state index in [-0.39, 0.29) is 11.2 Å². The summed E-state index contributed by atoms with van der Waals surface area (Å²) in [5.74, 6) is 0.456. The molecule has 0 radical (unpaired) electrons. The van der Waals surface area contributed by atoms with Crippen LogP contribution in [0, 0.1) is 0 Å². The molecule has 1 aromatic heterocycles. The summed E-state index contributed by atoms with van der Waals surface area (Å²) in [5, 5.41) is 3.13. The van der Waals surface area contributed by atoms with Crippen molar-refractivity contribution < 1.29 is 4.79 Å². The fourth-order valence-electron chi connectivity index (χ4n) is 1.63. The summed E-state index contributed by atoms with van der Waals surface area (Å²) in [7, 11) is 0. The maximum Gasteiger partial charge on any atom is 0.234 e. The van der Waals surface area contributed by atoms with Crippen LogP contribution in [-0.4, -0.2) is 16.6 Å². The Kier molecular flexibility index (Phi) is 4.98. The van der Waals surface area contributed by atoms with Crippen molar-refractivity contribution in [2.75, 3.05) is 11.1 Å². The van der Waals surface area contributed by atoms with Crippen LogP contribution in [0.3, 0.4) is 0 Å². The molecule has 1 N–H and O–H groups in total. The van der Waals surface area contributed by atoms with E-state index in [1.54, 1.807) is 18.0 Å². The molecule has 2 rings (SSSR count). The Balaban J connectivity index is 1.81. The van der Waals surface area contributed by atoms with E-state index >= 15 is 0 Å². The summed E-state index contributed by atoms with van der Waals surface area (Å²) in [4.78, 5) is 15.9. The van der Waals surface area contributed by atoms with Crippen LogP contribution in [0.5, 0.6) is 0 Å². The number of carbonyl (C=O) groups excluding carboxylic acids is 1.